The van der Waals surface area contributed by atoms with Gasteiger partial charge in [-0.1, -0.05) is 6.08 Å². The zero-order valence-corrected chi connectivity index (χ0v) is 17.4. The van der Waals surface area contributed by atoms with Crippen LogP contribution in [0.5, 0.6) is 11.5 Å². The number of piperidine rings is 1. The summed E-state index contributed by atoms with van der Waals surface area (Å²) in [5, 5.41) is 3.31. The van der Waals surface area contributed by atoms with Crippen LogP contribution < -0.4 is 14.8 Å². The summed E-state index contributed by atoms with van der Waals surface area (Å²) in [5.41, 5.74) is 3.24. The van der Waals surface area contributed by atoms with Crippen molar-refractivity contribution in [1.29, 1.82) is 0 Å². The number of carbonyl (C=O) groups excluding carboxylic acids is 1. The summed E-state index contributed by atoms with van der Waals surface area (Å²) in [5.74, 6) is 1.59. The number of rotatable bonds is 4. The van der Waals surface area contributed by atoms with Crippen molar-refractivity contribution in [1.82, 2.24) is 4.90 Å². The lowest BCUT2D eigenvalue weighted by Gasteiger charge is -2.50. The van der Waals surface area contributed by atoms with Crippen LogP contribution in [-0.2, 0) is 14.9 Å². The quantitative estimate of drug-likeness (QED) is 0.634. The lowest BCUT2D eigenvalue weighted by Crippen LogP contribution is -2.59. The molecule has 0 saturated carbocycles. The summed E-state index contributed by atoms with van der Waals surface area (Å²) in [6, 6.07) is 2.02. The average molecular weight is 386 g/mol. The van der Waals surface area contributed by atoms with Gasteiger partial charge in [0, 0.05) is 49.2 Å². The number of ether oxygens (including phenoxy) is 3. The van der Waals surface area contributed by atoms with E-state index >= 15 is 0 Å². The highest BCUT2D eigenvalue weighted by Gasteiger charge is 2.61. The molecular weight excluding hydrogens is 356 g/mol. The van der Waals surface area contributed by atoms with Gasteiger partial charge in [0.1, 0.15) is 6.10 Å². The van der Waals surface area contributed by atoms with Gasteiger partial charge in [0.15, 0.2) is 17.6 Å². The molecule has 0 bridgehead atoms. The fourth-order valence-corrected chi connectivity index (χ4v) is 5.35. The van der Waals surface area contributed by atoms with Crippen molar-refractivity contribution < 1.29 is 19.0 Å². The van der Waals surface area contributed by atoms with Crippen molar-refractivity contribution in [2.45, 2.75) is 44.8 Å². The van der Waals surface area contributed by atoms with E-state index in [-0.39, 0.29) is 17.5 Å². The molecule has 1 fully saturated rings. The molecule has 0 radical (unpaired) electrons. The Labute approximate surface area is 166 Å². The maximum absolute atomic E-state index is 11.8. The molecule has 2 heterocycles. The van der Waals surface area contributed by atoms with Gasteiger partial charge in [0.25, 0.3) is 0 Å². The molecule has 0 aromatic heterocycles. The van der Waals surface area contributed by atoms with E-state index in [2.05, 4.69) is 30.3 Å². The summed E-state index contributed by atoms with van der Waals surface area (Å²) in [4.78, 5) is 14.1. The summed E-state index contributed by atoms with van der Waals surface area (Å²) in [6.45, 7) is 8.08. The Morgan fingerprint density at radius 1 is 1.43 bits per heavy atom. The van der Waals surface area contributed by atoms with Gasteiger partial charge >= 0.3 is 5.97 Å². The maximum atomic E-state index is 11.8. The van der Waals surface area contributed by atoms with Gasteiger partial charge < -0.3 is 24.4 Å². The van der Waals surface area contributed by atoms with Gasteiger partial charge in [-0.05, 0) is 45.5 Å². The van der Waals surface area contributed by atoms with Crippen molar-refractivity contribution in [3.8, 4) is 11.5 Å². The molecule has 3 aliphatic rings. The first-order chi connectivity index (χ1) is 13.4. The Morgan fingerprint density at radius 3 is 2.89 bits per heavy atom. The smallest absolute Gasteiger partial charge is 0.303 e. The van der Waals surface area contributed by atoms with Crippen LogP contribution in [-0.4, -0.2) is 56.9 Å². The number of carbonyl (C=O) groups is 1. The van der Waals surface area contributed by atoms with E-state index in [1.54, 1.807) is 0 Å². The van der Waals surface area contributed by atoms with Crippen LogP contribution in [0.4, 0.5) is 5.69 Å². The van der Waals surface area contributed by atoms with Gasteiger partial charge in [-0.15, -0.1) is 0 Å². The summed E-state index contributed by atoms with van der Waals surface area (Å²) in [7, 11) is 4.09. The van der Waals surface area contributed by atoms with E-state index in [0.717, 1.165) is 36.7 Å². The van der Waals surface area contributed by atoms with Crippen molar-refractivity contribution in [3.63, 3.8) is 0 Å². The van der Waals surface area contributed by atoms with Gasteiger partial charge in [0.2, 0.25) is 0 Å². The number of hydrogen-bond acceptors (Lipinski definition) is 6. The van der Waals surface area contributed by atoms with Gasteiger partial charge in [-0.3, -0.25) is 4.79 Å². The van der Waals surface area contributed by atoms with Gasteiger partial charge in [0.05, 0.1) is 6.61 Å². The zero-order chi connectivity index (χ0) is 20.1. The third-order valence-corrected chi connectivity index (χ3v) is 6.50. The average Bonchev–Trinajstić information content (AvgIpc) is 3.01. The fourth-order valence-electron chi connectivity index (χ4n) is 5.35. The van der Waals surface area contributed by atoms with Crippen LogP contribution in [0.1, 0.15) is 31.4 Å². The first-order valence-corrected chi connectivity index (χ1v) is 10.1. The summed E-state index contributed by atoms with van der Waals surface area (Å²) < 4.78 is 18.2. The second-order valence-electron chi connectivity index (χ2n) is 8.09. The van der Waals surface area contributed by atoms with Gasteiger partial charge in [-0.25, -0.2) is 0 Å². The molecule has 4 atom stereocenters. The number of likely N-dealkylation sites (tertiary alicyclic amines) is 1. The number of fused-ring (bicyclic) bond motifs is 1. The van der Waals surface area contributed by atoms with Crippen LogP contribution in [0.3, 0.4) is 0 Å². The monoisotopic (exact) mass is 386 g/mol. The SMILES string of the molecule is CCOc1cc(NC)c(C)c2c1OC1[C@@H](OC(C)=O)C=CC3CN(C)CCC231. The van der Waals surface area contributed by atoms with Crippen molar-refractivity contribution >= 4 is 11.7 Å². The summed E-state index contributed by atoms with van der Waals surface area (Å²) in [6.07, 6.45) is 4.56. The van der Waals surface area contributed by atoms with Crippen LogP contribution in [0.15, 0.2) is 18.2 Å². The molecule has 6 heteroatoms. The Kier molecular flexibility index (Phi) is 4.78. The molecule has 6 nitrogen and oxygen atoms in total. The first kappa shape index (κ1) is 19.1. The lowest BCUT2D eigenvalue weighted by atomic mass is 9.59. The highest BCUT2D eigenvalue weighted by Crippen LogP contribution is 2.60. The molecule has 3 unspecified atom stereocenters. The molecule has 1 saturated heterocycles. The number of hydrogen-bond donors (Lipinski definition) is 1. The number of nitrogens with zero attached hydrogens (tertiary/aromatic N) is 1. The van der Waals surface area contributed by atoms with E-state index in [0.29, 0.717) is 12.5 Å². The molecule has 1 aliphatic carbocycles. The van der Waals surface area contributed by atoms with Crippen molar-refractivity contribution in [2.75, 3.05) is 39.1 Å². The second-order valence-corrected chi connectivity index (χ2v) is 8.09. The van der Waals surface area contributed by atoms with E-state index in [1.807, 2.05) is 26.1 Å². The van der Waals surface area contributed by atoms with E-state index in [4.69, 9.17) is 14.2 Å². The maximum Gasteiger partial charge on any atom is 0.303 e. The van der Waals surface area contributed by atoms with Crippen LogP contribution in [0, 0.1) is 12.8 Å². The third kappa shape index (κ3) is 2.69. The summed E-state index contributed by atoms with van der Waals surface area (Å²) >= 11 is 0. The predicted octanol–water partition coefficient (Wildman–Crippen LogP) is 2.89. The molecule has 2 aliphatic heterocycles. The highest BCUT2D eigenvalue weighted by atomic mass is 16.6. The molecule has 1 aromatic rings. The molecule has 1 spiro atoms. The third-order valence-electron chi connectivity index (χ3n) is 6.50. The number of anilines is 1. The fraction of sp³-hybridized carbons (Fsp3) is 0.591. The van der Waals surface area contributed by atoms with Crippen molar-refractivity contribution in [2.24, 2.45) is 5.92 Å². The van der Waals surface area contributed by atoms with E-state index < -0.39 is 6.10 Å². The predicted molar refractivity (Wildman–Crippen MR) is 108 cm³/mol. The Bertz CT molecular complexity index is 821. The first-order valence-electron chi connectivity index (χ1n) is 10.1. The minimum Gasteiger partial charge on any atom is -0.490 e. The molecule has 1 N–H and O–H groups in total. The largest absolute Gasteiger partial charge is 0.490 e. The molecule has 152 valence electrons. The molecule has 0 amide bonds. The van der Waals surface area contributed by atoms with Crippen LogP contribution in [0.25, 0.3) is 0 Å². The zero-order valence-electron chi connectivity index (χ0n) is 17.4. The Morgan fingerprint density at radius 2 is 2.21 bits per heavy atom. The van der Waals surface area contributed by atoms with E-state index in [9.17, 15) is 4.79 Å². The molecule has 4 rings (SSSR count). The topological polar surface area (TPSA) is 60.0 Å². The number of benzene rings is 1. The molecule has 28 heavy (non-hydrogen) atoms. The van der Waals surface area contributed by atoms with Gasteiger partial charge in [-0.2, -0.15) is 0 Å². The normalized spacial score (nSPS) is 30.7. The Balaban J connectivity index is 1.92. The minimum atomic E-state index is -0.392. The van der Waals surface area contributed by atoms with Crippen LogP contribution >= 0.6 is 0 Å². The highest BCUT2D eigenvalue weighted by molar-refractivity contribution is 5.70. The second kappa shape index (κ2) is 6.99. The molecule has 1 aromatic carbocycles. The molecular formula is C22H30N2O4. The number of nitrogens with one attached hydrogen (secondary N) is 1. The van der Waals surface area contributed by atoms with Crippen LogP contribution in [0.2, 0.25) is 0 Å². The minimum absolute atomic E-state index is 0.223. The standard InChI is InChI=1S/C22H30N2O4/c1-6-26-18-11-16(23-4)13(2)19-20(18)28-21-17(27-14(3)25)8-7-15-12-24(5)10-9-22(15,19)21/h7-8,11,15,17,21,23H,6,9-10,12H2,1-5H3/t15?,17-,21?,22?/m0/s1. The van der Waals surface area contributed by atoms with Crippen molar-refractivity contribution in [3.05, 3.63) is 29.3 Å². The Hall–Kier alpha value is -2.21. The number of esters is 1. The van der Waals surface area contributed by atoms with E-state index in [1.165, 1.54) is 18.1 Å². The lowest BCUT2D eigenvalue weighted by molar-refractivity contribution is -0.151.